The normalized spacial score (nSPS) is 10.4. The third-order valence-corrected chi connectivity index (χ3v) is 4.69. The molecular formula is C17H19N3O7S. The molecule has 2 aromatic rings. The maximum atomic E-state index is 12.3. The number of carboxylic acid groups (broad SMARTS) is 1. The Bertz CT molecular complexity index is 916. The van der Waals surface area contributed by atoms with E-state index in [2.05, 4.69) is 10.4 Å². The quantitative estimate of drug-likeness (QED) is 0.631. The Morgan fingerprint density at radius 1 is 1.18 bits per heavy atom. The number of rotatable bonds is 8. The first-order chi connectivity index (χ1) is 13.3. The molecule has 0 aliphatic heterocycles. The maximum absolute atomic E-state index is 12.3. The monoisotopic (exact) mass is 409 g/mol. The van der Waals surface area contributed by atoms with Gasteiger partial charge in [-0.05, 0) is 32.4 Å². The van der Waals surface area contributed by atoms with Crippen LogP contribution in [0.2, 0.25) is 0 Å². The van der Waals surface area contributed by atoms with Gasteiger partial charge in [0.2, 0.25) is 5.91 Å². The molecule has 2 heterocycles. The van der Waals surface area contributed by atoms with Gasteiger partial charge in [0.15, 0.2) is 5.69 Å². The summed E-state index contributed by atoms with van der Waals surface area (Å²) in [5.74, 6) is -3.04. The summed E-state index contributed by atoms with van der Waals surface area (Å²) in [7, 11) is 0. The van der Waals surface area contributed by atoms with Crippen molar-refractivity contribution in [2.24, 2.45) is 0 Å². The highest BCUT2D eigenvalue weighted by Gasteiger charge is 2.27. The number of aromatic nitrogens is 2. The number of ether oxygens (including phenoxy) is 2. The van der Waals surface area contributed by atoms with E-state index in [9.17, 15) is 19.2 Å². The van der Waals surface area contributed by atoms with Crippen LogP contribution in [0.15, 0.2) is 12.3 Å². The molecular weight excluding hydrogens is 390 g/mol. The van der Waals surface area contributed by atoms with Crippen LogP contribution in [0.5, 0.6) is 0 Å². The summed E-state index contributed by atoms with van der Waals surface area (Å²) in [4.78, 5) is 47.8. The van der Waals surface area contributed by atoms with E-state index in [1.54, 1.807) is 20.8 Å². The number of nitrogens with one attached hydrogen (secondary N) is 1. The van der Waals surface area contributed by atoms with Gasteiger partial charge in [-0.1, -0.05) is 0 Å². The number of hydrogen-bond donors (Lipinski definition) is 2. The van der Waals surface area contributed by atoms with Gasteiger partial charge in [0, 0.05) is 6.20 Å². The number of carbonyl (C=O) groups is 4. The molecule has 2 rings (SSSR count). The van der Waals surface area contributed by atoms with Crippen LogP contribution >= 0.6 is 11.3 Å². The molecule has 0 bridgehead atoms. The van der Waals surface area contributed by atoms with E-state index >= 15 is 0 Å². The molecule has 0 fully saturated rings. The molecule has 0 saturated carbocycles. The third-order valence-electron chi connectivity index (χ3n) is 3.51. The van der Waals surface area contributed by atoms with E-state index in [1.165, 1.54) is 12.3 Å². The molecule has 0 unspecified atom stereocenters. The Hall–Kier alpha value is -3.21. The van der Waals surface area contributed by atoms with Gasteiger partial charge < -0.3 is 19.9 Å². The molecule has 0 atom stereocenters. The van der Waals surface area contributed by atoms with Gasteiger partial charge >= 0.3 is 17.9 Å². The molecule has 150 valence electrons. The Morgan fingerprint density at radius 3 is 2.39 bits per heavy atom. The number of amides is 1. The van der Waals surface area contributed by atoms with Crippen LogP contribution < -0.4 is 5.32 Å². The lowest BCUT2D eigenvalue weighted by molar-refractivity contribution is -0.116. The summed E-state index contributed by atoms with van der Waals surface area (Å²) in [5.41, 5.74) is 0.232. The number of hydrogen-bond acceptors (Lipinski definition) is 8. The van der Waals surface area contributed by atoms with Crippen LogP contribution in [0, 0.1) is 6.92 Å². The lowest BCUT2D eigenvalue weighted by Crippen LogP contribution is -2.20. The van der Waals surface area contributed by atoms with Gasteiger partial charge in [0.05, 0.1) is 18.8 Å². The van der Waals surface area contributed by atoms with Crippen LogP contribution in [-0.4, -0.2) is 51.9 Å². The molecule has 28 heavy (non-hydrogen) atoms. The van der Waals surface area contributed by atoms with Crippen molar-refractivity contribution < 1.29 is 33.8 Å². The minimum absolute atomic E-state index is 0.0787. The van der Waals surface area contributed by atoms with E-state index in [-0.39, 0.29) is 40.9 Å². The standard InChI is InChI=1S/C17H19N3O7S/c1-4-26-16(24)12-9(3)13(17(25)27-5-2)28-14(12)18-11(21)8-20-7-6-10(19-20)15(22)23/h6-7H,4-5,8H2,1-3H3,(H,18,21)(H,22,23). The van der Waals surface area contributed by atoms with E-state index < -0.39 is 23.8 Å². The van der Waals surface area contributed by atoms with Crippen molar-refractivity contribution in [2.75, 3.05) is 18.5 Å². The molecule has 0 aliphatic carbocycles. The van der Waals surface area contributed by atoms with E-state index in [0.717, 1.165) is 16.0 Å². The number of thiophene rings is 1. The van der Waals surface area contributed by atoms with Crippen molar-refractivity contribution in [3.63, 3.8) is 0 Å². The van der Waals surface area contributed by atoms with Gasteiger partial charge in [0.25, 0.3) is 0 Å². The number of anilines is 1. The molecule has 10 nitrogen and oxygen atoms in total. The van der Waals surface area contributed by atoms with Gasteiger partial charge in [0.1, 0.15) is 16.4 Å². The maximum Gasteiger partial charge on any atom is 0.356 e. The zero-order valence-electron chi connectivity index (χ0n) is 15.5. The first-order valence-corrected chi connectivity index (χ1v) is 9.14. The first-order valence-electron chi connectivity index (χ1n) is 8.32. The molecule has 0 aromatic carbocycles. The fourth-order valence-corrected chi connectivity index (χ4v) is 3.42. The summed E-state index contributed by atoms with van der Waals surface area (Å²) in [6, 6.07) is 1.26. The number of esters is 2. The molecule has 0 aliphatic rings. The summed E-state index contributed by atoms with van der Waals surface area (Å²) < 4.78 is 11.1. The van der Waals surface area contributed by atoms with Gasteiger partial charge in [-0.3, -0.25) is 9.48 Å². The highest BCUT2D eigenvalue weighted by Crippen LogP contribution is 2.34. The minimum Gasteiger partial charge on any atom is -0.476 e. The molecule has 1 amide bonds. The number of carbonyl (C=O) groups excluding carboxylic acids is 3. The predicted octanol–water partition coefficient (Wildman–Crippen LogP) is 1.94. The zero-order valence-corrected chi connectivity index (χ0v) is 16.3. The molecule has 11 heteroatoms. The predicted molar refractivity (Wildman–Crippen MR) is 98.8 cm³/mol. The van der Waals surface area contributed by atoms with Crippen molar-refractivity contribution in [1.29, 1.82) is 0 Å². The van der Waals surface area contributed by atoms with Crippen molar-refractivity contribution in [3.8, 4) is 0 Å². The van der Waals surface area contributed by atoms with Crippen LogP contribution in [0.4, 0.5) is 5.00 Å². The number of nitrogens with zero attached hydrogens (tertiary/aromatic N) is 2. The fraction of sp³-hybridized carbons (Fsp3) is 0.353. The SMILES string of the molecule is CCOC(=O)c1sc(NC(=O)Cn2ccc(C(=O)O)n2)c(C(=O)OCC)c1C. The molecule has 0 radical (unpaired) electrons. The molecule has 0 spiro atoms. The fourth-order valence-electron chi connectivity index (χ4n) is 2.32. The Morgan fingerprint density at radius 2 is 1.82 bits per heavy atom. The lowest BCUT2D eigenvalue weighted by atomic mass is 10.1. The number of aromatic carboxylic acids is 1. The van der Waals surface area contributed by atoms with Crippen molar-refractivity contribution in [1.82, 2.24) is 9.78 Å². The average molecular weight is 409 g/mol. The van der Waals surface area contributed by atoms with E-state index in [4.69, 9.17) is 14.6 Å². The van der Waals surface area contributed by atoms with Crippen LogP contribution in [-0.2, 0) is 20.8 Å². The van der Waals surface area contributed by atoms with Gasteiger partial charge in [-0.2, -0.15) is 5.10 Å². The van der Waals surface area contributed by atoms with Gasteiger partial charge in [-0.15, -0.1) is 11.3 Å². The first kappa shape index (κ1) is 21.1. The van der Waals surface area contributed by atoms with Crippen LogP contribution in [0.1, 0.15) is 49.9 Å². The molecule has 2 N–H and O–H groups in total. The minimum atomic E-state index is -1.21. The highest BCUT2D eigenvalue weighted by molar-refractivity contribution is 7.18. The Balaban J connectivity index is 2.27. The van der Waals surface area contributed by atoms with E-state index in [0.29, 0.717) is 5.56 Å². The molecule has 0 saturated heterocycles. The molecule has 2 aromatic heterocycles. The van der Waals surface area contributed by atoms with E-state index in [1.807, 2.05) is 0 Å². The zero-order chi connectivity index (χ0) is 20.8. The van der Waals surface area contributed by atoms with Crippen molar-refractivity contribution in [2.45, 2.75) is 27.3 Å². The largest absolute Gasteiger partial charge is 0.476 e. The second-order valence-electron chi connectivity index (χ2n) is 5.45. The summed E-state index contributed by atoms with van der Waals surface area (Å²) in [5, 5.41) is 15.3. The average Bonchev–Trinajstić information content (AvgIpc) is 3.20. The Kier molecular flexibility index (Phi) is 6.88. The lowest BCUT2D eigenvalue weighted by Gasteiger charge is -2.07. The summed E-state index contributed by atoms with van der Waals surface area (Å²) in [6.07, 6.45) is 1.35. The van der Waals surface area contributed by atoms with Crippen LogP contribution in [0.25, 0.3) is 0 Å². The smallest absolute Gasteiger partial charge is 0.356 e. The third kappa shape index (κ3) is 4.74. The van der Waals surface area contributed by atoms with Crippen LogP contribution in [0.3, 0.4) is 0 Å². The topological polar surface area (TPSA) is 137 Å². The second kappa shape index (κ2) is 9.13. The van der Waals surface area contributed by atoms with Crippen molar-refractivity contribution in [3.05, 3.63) is 34.0 Å². The summed E-state index contributed by atoms with van der Waals surface area (Å²) >= 11 is 0.906. The second-order valence-corrected chi connectivity index (χ2v) is 6.47. The highest BCUT2D eigenvalue weighted by atomic mass is 32.1. The van der Waals surface area contributed by atoms with Gasteiger partial charge in [-0.25, -0.2) is 14.4 Å². The number of carboxylic acids is 1. The van der Waals surface area contributed by atoms with Crippen molar-refractivity contribution >= 4 is 40.2 Å². The summed E-state index contributed by atoms with van der Waals surface area (Å²) in [6.45, 7) is 4.88. The Labute approximate surface area is 164 Å².